The van der Waals surface area contributed by atoms with Crippen LogP contribution in [0.3, 0.4) is 0 Å². The van der Waals surface area contributed by atoms with Crippen LogP contribution < -0.4 is 0 Å². The van der Waals surface area contributed by atoms with E-state index >= 15 is 0 Å². The SMILES string of the molecule is Cc1ccc(Br)c(C(O)c2cccc(Br)c2F)c1. The third kappa shape index (κ3) is 2.66. The minimum Gasteiger partial charge on any atom is -0.384 e. The molecule has 2 aromatic carbocycles. The third-order valence-corrected chi connectivity index (χ3v) is 4.06. The fraction of sp³-hybridized carbons (Fsp3) is 0.143. The van der Waals surface area contributed by atoms with Crippen LogP contribution in [0.1, 0.15) is 22.8 Å². The summed E-state index contributed by atoms with van der Waals surface area (Å²) in [4.78, 5) is 0. The summed E-state index contributed by atoms with van der Waals surface area (Å²) in [6, 6.07) is 10.5. The molecule has 0 aliphatic heterocycles. The van der Waals surface area contributed by atoms with Crippen molar-refractivity contribution in [3.8, 4) is 0 Å². The number of hydrogen-bond acceptors (Lipinski definition) is 1. The third-order valence-electron chi connectivity index (χ3n) is 2.72. The van der Waals surface area contributed by atoms with Gasteiger partial charge >= 0.3 is 0 Å². The monoisotopic (exact) mass is 372 g/mol. The van der Waals surface area contributed by atoms with E-state index in [9.17, 15) is 9.50 Å². The van der Waals surface area contributed by atoms with Crippen LogP contribution >= 0.6 is 31.9 Å². The van der Waals surface area contributed by atoms with Crippen molar-refractivity contribution >= 4 is 31.9 Å². The number of benzene rings is 2. The van der Waals surface area contributed by atoms with Gasteiger partial charge < -0.3 is 5.11 Å². The van der Waals surface area contributed by atoms with Crippen molar-refractivity contribution in [2.45, 2.75) is 13.0 Å². The molecule has 2 aromatic rings. The maximum absolute atomic E-state index is 13.9. The van der Waals surface area contributed by atoms with Crippen molar-refractivity contribution in [1.29, 1.82) is 0 Å². The van der Waals surface area contributed by atoms with Gasteiger partial charge in [0.1, 0.15) is 11.9 Å². The van der Waals surface area contributed by atoms with Crippen LogP contribution in [-0.2, 0) is 0 Å². The lowest BCUT2D eigenvalue weighted by Crippen LogP contribution is -2.04. The lowest BCUT2D eigenvalue weighted by Gasteiger charge is -2.15. The molecule has 2 rings (SSSR count). The molecule has 94 valence electrons. The molecule has 18 heavy (non-hydrogen) atoms. The van der Waals surface area contributed by atoms with Crippen molar-refractivity contribution in [2.75, 3.05) is 0 Å². The number of aryl methyl sites for hydroxylation is 1. The Hall–Kier alpha value is -0.710. The Kier molecular flexibility index (Phi) is 4.20. The molecular weight excluding hydrogens is 363 g/mol. The Morgan fingerprint density at radius 3 is 2.50 bits per heavy atom. The average molecular weight is 374 g/mol. The van der Waals surface area contributed by atoms with Crippen LogP contribution in [0.25, 0.3) is 0 Å². The molecule has 4 heteroatoms. The standard InChI is InChI=1S/C14H11Br2FO/c1-8-5-6-11(15)10(7-8)14(18)9-3-2-4-12(16)13(9)17/h2-7,14,18H,1H3. The van der Waals surface area contributed by atoms with E-state index < -0.39 is 11.9 Å². The first-order chi connectivity index (χ1) is 8.50. The van der Waals surface area contributed by atoms with Crippen molar-refractivity contribution in [3.05, 3.63) is 67.9 Å². The summed E-state index contributed by atoms with van der Waals surface area (Å²) in [5.41, 5.74) is 1.94. The maximum Gasteiger partial charge on any atom is 0.143 e. The quantitative estimate of drug-likeness (QED) is 0.805. The molecule has 1 N–H and O–H groups in total. The molecule has 0 saturated carbocycles. The minimum atomic E-state index is -0.989. The molecule has 0 saturated heterocycles. The van der Waals surface area contributed by atoms with E-state index in [2.05, 4.69) is 31.9 Å². The second kappa shape index (κ2) is 5.51. The van der Waals surface area contributed by atoms with Gasteiger partial charge in [-0.15, -0.1) is 0 Å². The van der Waals surface area contributed by atoms with E-state index in [1.165, 1.54) is 0 Å². The van der Waals surface area contributed by atoms with E-state index in [0.717, 1.165) is 10.0 Å². The van der Waals surface area contributed by atoms with Crippen LogP contribution in [0.15, 0.2) is 45.3 Å². The molecule has 0 amide bonds. The Balaban J connectivity index is 2.51. The number of aliphatic hydroxyl groups is 1. The van der Waals surface area contributed by atoms with Crippen LogP contribution in [-0.4, -0.2) is 5.11 Å². The van der Waals surface area contributed by atoms with Crippen LogP contribution in [0, 0.1) is 12.7 Å². The van der Waals surface area contributed by atoms with Gasteiger partial charge in [-0.2, -0.15) is 0 Å². The molecule has 0 fully saturated rings. The predicted molar refractivity (Wildman–Crippen MR) is 77.0 cm³/mol. The van der Waals surface area contributed by atoms with Gasteiger partial charge in [-0.05, 0) is 40.5 Å². The molecule has 0 heterocycles. The Labute approximate surface area is 122 Å². The number of rotatable bonds is 2. The molecule has 1 nitrogen and oxygen atoms in total. The lowest BCUT2D eigenvalue weighted by atomic mass is 10.00. The van der Waals surface area contributed by atoms with E-state index in [4.69, 9.17) is 0 Å². The number of halogens is 3. The van der Waals surface area contributed by atoms with E-state index in [1.807, 2.05) is 25.1 Å². The normalized spacial score (nSPS) is 12.5. The van der Waals surface area contributed by atoms with Crippen LogP contribution in [0.4, 0.5) is 4.39 Å². The highest BCUT2D eigenvalue weighted by Crippen LogP contribution is 2.32. The highest BCUT2D eigenvalue weighted by atomic mass is 79.9. The highest BCUT2D eigenvalue weighted by molar-refractivity contribution is 9.10. The Morgan fingerprint density at radius 2 is 1.78 bits per heavy atom. The first-order valence-corrected chi connectivity index (χ1v) is 6.97. The molecule has 1 atom stereocenters. The van der Waals surface area contributed by atoms with Crippen LogP contribution in [0.5, 0.6) is 0 Å². The van der Waals surface area contributed by atoms with Gasteiger partial charge in [0.15, 0.2) is 0 Å². The van der Waals surface area contributed by atoms with Crippen molar-refractivity contribution in [1.82, 2.24) is 0 Å². The van der Waals surface area contributed by atoms with Crippen molar-refractivity contribution < 1.29 is 9.50 Å². The molecule has 0 aliphatic carbocycles. The summed E-state index contributed by atoms with van der Waals surface area (Å²) < 4.78 is 15.1. The number of hydrogen-bond donors (Lipinski definition) is 1. The fourth-order valence-corrected chi connectivity index (χ4v) is 2.62. The van der Waals surface area contributed by atoms with Gasteiger partial charge in [0.05, 0.1) is 4.47 Å². The smallest absolute Gasteiger partial charge is 0.143 e. The highest BCUT2D eigenvalue weighted by Gasteiger charge is 2.18. The first kappa shape index (κ1) is 13.7. The summed E-state index contributed by atoms with van der Waals surface area (Å²) in [5, 5.41) is 10.3. The largest absolute Gasteiger partial charge is 0.384 e. The summed E-state index contributed by atoms with van der Waals surface area (Å²) >= 11 is 6.50. The second-order valence-electron chi connectivity index (χ2n) is 4.07. The topological polar surface area (TPSA) is 20.2 Å². The lowest BCUT2D eigenvalue weighted by molar-refractivity contribution is 0.214. The zero-order valence-corrected chi connectivity index (χ0v) is 12.8. The summed E-state index contributed by atoms with van der Waals surface area (Å²) in [6.45, 7) is 1.93. The Bertz CT molecular complexity index is 582. The van der Waals surface area contributed by atoms with Gasteiger partial charge in [0, 0.05) is 10.0 Å². The zero-order chi connectivity index (χ0) is 13.3. The summed E-state index contributed by atoms with van der Waals surface area (Å²) in [6.07, 6.45) is -0.989. The average Bonchev–Trinajstić information content (AvgIpc) is 2.35. The molecular formula is C14H11Br2FO. The van der Waals surface area contributed by atoms with Crippen LogP contribution in [0.2, 0.25) is 0 Å². The molecule has 0 aliphatic rings. The number of aliphatic hydroxyl groups excluding tert-OH is 1. The molecule has 0 spiro atoms. The molecule has 1 unspecified atom stereocenters. The van der Waals surface area contributed by atoms with E-state index in [0.29, 0.717) is 10.0 Å². The Morgan fingerprint density at radius 1 is 1.06 bits per heavy atom. The summed E-state index contributed by atoms with van der Waals surface area (Å²) in [7, 11) is 0. The van der Waals surface area contributed by atoms with Gasteiger partial charge in [0.2, 0.25) is 0 Å². The zero-order valence-electron chi connectivity index (χ0n) is 9.62. The van der Waals surface area contributed by atoms with Gasteiger partial charge in [-0.1, -0.05) is 45.8 Å². The fourth-order valence-electron chi connectivity index (χ4n) is 1.77. The van der Waals surface area contributed by atoms with E-state index in [-0.39, 0.29) is 5.56 Å². The summed E-state index contributed by atoms with van der Waals surface area (Å²) in [5.74, 6) is -0.432. The molecule has 0 bridgehead atoms. The first-order valence-electron chi connectivity index (χ1n) is 5.38. The maximum atomic E-state index is 13.9. The van der Waals surface area contributed by atoms with Crippen molar-refractivity contribution in [3.63, 3.8) is 0 Å². The molecule has 0 aromatic heterocycles. The van der Waals surface area contributed by atoms with Gasteiger partial charge in [-0.25, -0.2) is 4.39 Å². The second-order valence-corrected chi connectivity index (χ2v) is 5.78. The molecule has 0 radical (unpaired) electrons. The van der Waals surface area contributed by atoms with Gasteiger partial charge in [0.25, 0.3) is 0 Å². The van der Waals surface area contributed by atoms with Crippen molar-refractivity contribution in [2.24, 2.45) is 0 Å². The minimum absolute atomic E-state index is 0.260. The predicted octanol–water partition coefficient (Wildman–Crippen LogP) is 4.74. The van der Waals surface area contributed by atoms with E-state index in [1.54, 1.807) is 18.2 Å². The van der Waals surface area contributed by atoms with Gasteiger partial charge in [-0.3, -0.25) is 0 Å².